The minimum Gasteiger partial charge on any atom is -0.452 e. The van der Waals surface area contributed by atoms with Crippen molar-refractivity contribution in [3.8, 4) is 0 Å². The van der Waals surface area contributed by atoms with Crippen molar-refractivity contribution in [2.75, 3.05) is 20.1 Å². The van der Waals surface area contributed by atoms with Crippen LogP contribution in [0.1, 0.15) is 73.6 Å². The minimum atomic E-state index is -1.07. The standard InChI is InChI=1S/C27H45N5O7/c1-8-18-24(35)30-22(16(4)5)27(38)31(7)17(6)23(34)28-12-11-21(33)39-20(14-15(2)3)26(37)32-13-9-10-19(32)25(36)29-18/h15-20,22H,8-14H2,1-7H3,(H,28,34)(H,29,36)(H,30,35)/t17-,18-,19-,20+,22-/m0/s1. The Labute approximate surface area is 230 Å². The molecule has 0 aromatic rings. The van der Waals surface area contributed by atoms with Crippen LogP contribution in [-0.2, 0) is 33.5 Å². The van der Waals surface area contributed by atoms with E-state index in [1.165, 1.54) is 16.8 Å². The van der Waals surface area contributed by atoms with Crippen LogP contribution in [0.15, 0.2) is 0 Å². The van der Waals surface area contributed by atoms with E-state index in [4.69, 9.17) is 4.74 Å². The van der Waals surface area contributed by atoms with E-state index in [0.29, 0.717) is 19.4 Å². The van der Waals surface area contributed by atoms with Gasteiger partial charge in [-0.15, -0.1) is 0 Å². The third kappa shape index (κ3) is 8.40. The topological polar surface area (TPSA) is 154 Å². The number of cyclic esters (lactones) is 1. The summed E-state index contributed by atoms with van der Waals surface area (Å²) in [6, 6.07) is -3.54. The molecule has 2 fully saturated rings. The van der Waals surface area contributed by atoms with Crippen molar-refractivity contribution in [3.63, 3.8) is 0 Å². The molecular weight excluding hydrogens is 506 g/mol. The highest BCUT2D eigenvalue weighted by Crippen LogP contribution is 2.22. The number of nitrogens with zero attached hydrogens (tertiary/aromatic N) is 2. The fraction of sp³-hybridized carbons (Fsp3) is 0.778. The van der Waals surface area contributed by atoms with Crippen LogP contribution >= 0.6 is 0 Å². The zero-order chi connectivity index (χ0) is 29.4. The number of carbonyl (C=O) groups is 6. The van der Waals surface area contributed by atoms with Crippen LogP contribution in [0.4, 0.5) is 0 Å². The SMILES string of the molecule is CC[C@@H]1NC(=O)[C@@H]2CCCN2C(=O)[C@@H](CC(C)C)OC(=O)CCNC(=O)[C@H](C)N(C)C(=O)[C@H](C(C)C)NC1=O. The Bertz CT molecular complexity index is 937. The molecule has 0 aromatic heterocycles. The number of carbonyl (C=O) groups excluding carboxylic acids is 6. The van der Waals surface area contributed by atoms with Gasteiger partial charge in [0.15, 0.2) is 6.10 Å². The number of hydrogen-bond donors (Lipinski definition) is 3. The molecule has 2 aliphatic heterocycles. The summed E-state index contributed by atoms with van der Waals surface area (Å²) >= 11 is 0. The maximum absolute atomic E-state index is 13.5. The van der Waals surface area contributed by atoms with Crippen molar-refractivity contribution in [3.05, 3.63) is 0 Å². The van der Waals surface area contributed by atoms with Gasteiger partial charge in [0.25, 0.3) is 5.91 Å². The summed E-state index contributed by atoms with van der Waals surface area (Å²) < 4.78 is 5.54. The predicted molar refractivity (Wildman–Crippen MR) is 143 cm³/mol. The Morgan fingerprint density at radius 3 is 2.21 bits per heavy atom. The summed E-state index contributed by atoms with van der Waals surface area (Å²) in [4.78, 5) is 81.2. The summed E-state index contributed by atoms with van der Waals surface area (Å²) in [6.07, 6.45) is 0.325. The summed E-state index contributed by atoms with van der Waals surface area (Å²) in [6.45, 7) is 10.9. The first-order chi connectivity index (χ1) is 18.3. The Kier molecular flexibility index (Phi) is 11.7. The zero-order valence-corrected chi connectivity index (χ0v) is 24.2. The van der Waals surface area contributed by atoms with Gasteiger partial charge in [-0.05, 0) is 44.4 Å². The zero-order valence-electron chi connectivity index (χ0n) is 24.2. The van der Waals surface area contributed by atoms with Crippen molar-refractivity contribution >= 4 is 35.5 Å². The molecule has 0 unspecified atom stereocenters. The van der Waals surface area contributed by atoms with Gasteiger partial charge in [0.2, 0.25) is 23.6 Å². The molecule has 5 atom stereocenters. The molecule has 39 heavy (non-hydrogen) atoms. The number of likely N-dealkylation sites (N-methyl/N-ethyl adjacent to an activating group) is 1. The Morgan fingerprint density at radius 2 is 1.62 bits per heavy atom. The first kappa shape index (κ1) is 32.0. The van der Waals surface area contributed by atoms with E-state index in [1.54, 1.807) is 27.7 Å². The van der Waals surface area contributed by atoms with Gasteiger partial charge in [-0.25, -0.2) is 0 Å². The Hall–Kier alpha value is -3.18. The van der Waals surface area contributed by atoms with E-state index in [2.05, 4.69) is 16.0 Å². The fourth-order valence-corrected chi connectivity index (χ4v) is 4.74. The maximum Gasteiger partial charge on any atom is 0.308 e. The molecule has 12 heteroatoms. The van der Waals surface area contributed by atoms with Crippen LogP contribution in [0.5, 0.6) is 0 Å². The second-order valence-electron chi connectivity index (χ2n) is 11.2. The lowest BCUT2D eigenvalue weighted by atomic mass is 10.0. The van der Waals surface area contributed by atoms with Crippen LogP contribution in [0, 0.1) is 11.8 Å². The average Bonchev–Trinajstić information content (AvgIpc) is 3.37. The summed E-state index contributed by atoms with van der Waals surface area (Å²) in [5.74, 6) is -3.27. The third-order valence-corrected chi connectivity index (χ3v) is 7.28. The second kappa shape index (κ2) is 14.3. The number of ether oxygens (including phenoxy) is 1. The van der Waals surface area contributed by atoms with E-state index in [1.807, 2.05) is 13.8 Å². The van der Waals surface area contributed by atoms with E-state index in [-0.39, 0.29) is 37.6 Å². The van der Waals surface area contributed by atoms with Gasteiger partial charge in [-0.2, -0.15) is 0 Å². The predicted octanol–water partition coefficient (Wildman–Crippen LogP) is 0.338. The molecule has 2 heterocycles. The lowest BCUT2D eigenvalue weighted by Gasteiger charge is -2.32. The molecule has 2 aliphatic rings. The van der Waals surface area contributed by atoms with E-state index in [9.17, 15) is 28.8 Å². The van der Waals surface area contributed by atoms with Crippen LogP contribution in [0.25, 0.3) is 0 Å². The minimum absolute atomic E-state index is 0.0378. The molecule has 12 nitrogen and oxygen atoms in total. The number of esters is 1. The van der Waals surface area contributed by atoms with Crippen LogP contribution in [0.2, 0.25) is 0 Å². The summed E-state index contributed by atoms with van der Waals surface area (Å²) in [5.41, 5.74) is 0. The molecule has 0 saturated carbocycles. The first-order valence-electron chi connectivity index (χ1n) is 13.9. The monoisotopic (exact) mass is 551 g/mol. The highest BCUT2D eigenvalue weighted by atomic mass is 16.5. The lowest BCUT2D eigenvalue weighted by molar-refractivity contribution is -0.162. The van der Waals surface area contributed by atoms with Gasteiger partial charge in [0, 0.05) is 20.1 Å². The molecule has 3 N–H and O–H groups in total. The second-order valence-corrected chi connectivity index (χ2v) is 11.2. The molecule has 0 aromatic carbocycles. The molecule has 0 bridgehead atoms. The molecule has 0 spiro atoms. The van der Waals surface area contributed by atoms with Crippen molar-refractivity contribution in [2.45, 2.75) is 104 Å². The lowest BCUT2D eigenvalue weighted by Crippen LogP contribution is -2.59. The first-order valence-corrected chi connectivity index (χ1v) is 13.9. The number of fused-ring (bicyclic) bond motifs is 1. The number of amides is 5. The summed E-state index contributed by atoms with van der Waals surface area (Å²) in [5, 5.41) is 8.13. The van der Waals surface area contributed by atoms with Gasteiger partial charge >= 0.3 is 5.97 Å². The molecular formula is C27H45N5O7. The highest BCUT2D eigenvalue weighted by molar-refractivity contribution is 5.96. The Balaban J connectivity index is 2.40. The van der Waals surface area contributed by atoms with Crippen LogP contribution < -0.4 is 16.0 Å². The largest absolute Gasteiger partial charge is 0.452 e. The van der Waals surface area contributed by atoms with Gasteiger partial charge in [-0.3, -0.25) is 28.8 Å². The number of hydrogen-bond acceptors (Lipinski definition) is 7. The Morgan fingerprint density at radius 1 is 0.949 bits per heavy atom. The van der Waals surface area contributed by atoms with Gasteiger partial charge in [-0.1, -0.05) is 34.6 Å². The maximum atomic E-state index is 13.5. The van der Waals surface area contributed by atoms with Crippen molar-refractivity contribution in [1.29, 1.82) is 0 Å². The average molecular weight is 552 g/mol. The normalized spacial score (nSPS) is 28.8. The number of rotatable bonds is 4. The van der Waals surface area contributed by atoms with Gasteiger partial charge in [0.05, 0.1) is 6.42 Å². The molecule has 2 saturated heterocycles. The van der Waals surface area contributed by atoms with E-state index in [0.717, 1.165) is 0 Å². The van der Waals surface area contributed by atoms with E-state index >= 15 is 0 Å². The van der Waals surface area contributed by atoms with Crippen molar-refractivity contribution < 1.29 is 33.5 Å². The van der Waals surface area contributed by atoms with Crippen LogP contribution in [-0.4, -0.2) is 95.7 Å². The smallest absolute Gasteiger partial charge is 0.308 e. The van der Waals surface area contributed by atoms with Crippen molar-refractivity contribution in [1.82, 2.24) is 25.8 Å². The van der Waals surface area contributed by atoms with Gasteiger partial charge < -0.3 is 30.5 Å². The molecule has 0 radical (unpaired) electrons. The number of nitrogens with one attached hydrogen (secondary N) is 3. The molecule has 2 rings (SSSR count). The molecule has 220 valence electrons. The van der Waals surface area contributed by atoms with Crippen LogP contribution in [0.3, 0.4) is 0 Å². The summed E-state index contributed by atoms with van der Waals surface area (Å²) in [7, 11) is 1.47. The third-order valence-electron chi connectivity index (χ3n) is 7.28. The fourth-order valence-electron chi connectivity index (χ4n) is 4.74. The molecule has 5 amide bonds. The highest BCUT2D eigenvalue weighted by Gasteiger charge is 2.40. The molecule has 0 aliphatic carbocycles. The quantitative estimate of drug-likeness (QED) is 0.426. The van der Waals surface area contributed by atoms with Gasteiger partial charge in [0.1, 0.15) is 24.2 Å². The van der Waals surface area contributed by atoms with Crippen molar-refractivity contribution in [2.24, 2.45) is 11.8 Å². The van der Waals surface area contributed by atoms with E-state index < -0.39 is 65.8 Å².